The first-order chi connectivity index (χ1) is 12.1. The number of amides is 1. The van der Waals surface area contributed by atoms with E-state index in [1.54, 1.807) is 0 Å². The molecule has 25 heavy (non-hydrogen) atoms. The van der Waals surface area contributed by atoms with Gasteiger partial charge in [-0.15, -0.1) is 0 Å². The first-order valence-corrected chi connectivity index (χ1v) is 8.22. The van der Waals surface area contributed by atoms with Crippen LogP contribution in [-0.4, -0.2) is 16.2 Å². The third-order valence-electron chi connectivity index (χ3n) is 4.15. The first-order valence-electron chi connectivity index (χ1n) is 8.22. The van der Waals surface area contributed by atoms with E-state index in [4.69, 9.17) is 0 Å². The van der Waals surface area contributed by atoms with Crippen LogP contribution in [0.5, 0.6) is 0 Å². The lowest BCUT2D eigenvalue weighted by Crippen LogP contribution is -2.22. The van der Waals surface area contributed by atoms with Gasteiger partial charge in [-0.2, -0.15) is 5.10 Å². The molecule has 0 fully saturated rings. The van der Waals surface area contributed by atoms with Gasteiger partial charge in [-0.25, -0.2) is 5.43 Å². The van der Waals surface area contributed by atoms with Gasteiger partial charge in [0.2, 0.25) is 5.91 Å². The number of hydrogen-bond acceptors (Lipinski definition) is 2. The van der Waals surface area contributed by atoms with Crippen molar-refractivity contribution < 1.29 is 4.79 Å². The summed E-state index contributed by atoms with van der Waals surface area (Å²) in [6, 6.07) is 22.2. The molecule has 2 aromatic carbocycles. The lowest BCUT2D eigenvalue weighted by atomic mass is 10.0. The van der Waals surface area contributed by atoms with Crippen LogP contribution in [0.25, 0.3) is 11.1 Å². The highest BCUT2D eigenvalue weighted by Gasteiger charge is 2.06. The average molecular weight is 331 g/mol. The van der Waals surface area contributed by atoms with Crippen LogP contribution in [0.2, 0.25) is 0 Å². The monoisotopic (exact) mass is 331 g/mol. The summed E-state index contributed by atoms with van der Waals surface area (Å²) in [6.45, 7) is 1.89. The van der Waals surface area contributed by atoms with Gasteiger partial charge in [0.25, 0.3) is 0 Å². The molecule has 0 atom stereocenters. The Labute approximate surface area is 147 Å². The van der Waals surface area contributed by atoms with Crippen molar-refractivity contribution in [2.45, 2.75) is 13.3 Å². The van der Waals surface area contributed by atoms with E-state index in [2.05, 4.69) is 34.8 Å². The summed E-state index contributed by atoms with van der Waals surface area (Å²) in [4.78, 5) is 12.0. The fourth-order valence-corrected chi connectivity index (χ4v) is 2.63. The van der Waals surface area contributed by atoms with E-state index in [0.29, 0.717) is 6.42 Å². The summed E-state index contributed by atoms with van der Waals surface area (Å²) >= 11 is 0. The molecule has 0 aliphatic carbocycles. The molecule has 1 heterocycles. The van der Waals surface area contributed by atoms with Crippen molar-refractivity contribution in [3.63, 3.8) is 0 Å². The predicted octanol–water partition coefficient (Wildman–Crippen LogP) is 3.78. The number of carbonyl (C=O) groups excluding carboxylic acids is 1. The molecule has 0 saturated carbocycles. The minimum Gasteiger partial charge on any atom is -0.354 e. The zero-order valence-electron chi connectivity index (χ0n) is 14.4. The average Bonchev–Trinajstić information content (AvgIpc) is 3.05. The van der Waals surface area contributed by atoms with Crippen LogP contribution in [-0.2, 0) is 18.3 Å². The van der Waals surface area contributed by atoms with Crippen molar-refractivity contribution in [2.75, 3.05) is 0 Å². The van der Waals surface area contributed by atoms with Crippen LogP contribution < -0.4 is 5.43 Å². The Morgan fingerprint density at radius 2 is 1.64 bits per heavy atom. The van der Waals surface area contributed by atoms with Crippen molar-refractivity contribution in [1.82, 2.24) is 9.99 Å². The van der Waals surface area contributed by atoms with E-state index in [1.165, 1.54) is 5.56 Å². The molecule has 0 radical (unpaired) electrons. The van der Waals surface area contributed by atoms with Gasteiger partial charge >= 0.3 is 0 Å². The second-order valence-electron chi connectivity index (χ2n) is 5.96. The Balaban J connectivity index is 1.64. The van der Waals surface area contributed by atoms with Gasteiger partial charge in [-0.1, -0.05) is 54.6 Å². The molecule has 1 aromatic heterocycles. The molecule has 126 valence electrons. The molecule has 4 heteroatoms. The SMILES string of the molecule is C/C(=N\NC(=O)Cc1cccn1C)c1ccc(-c2ccccc2)cc1. The predicted molar refractivity (Wildman–Crippen MR) is 101 cm³/mol. The van der Waals surface area contributed by atoms with Crippen molar-refractivity contribution in [3.05, 3.63) is 84.2 Å². The summed E-state index contributed by atoms with van der Waals surface area (Å²) in [5.74, 6) is -0.123. The summed E-state index contributed by atoms with van der Waals surface area (Å²) in [6.07, 6.45) is 2.23. The Hall–Kier alpha value is -3.14. The van der Waals surface area contributed by atoms with Crippen LogP contribution in [0.1, 0.15) is 18.2 Å². The molecule has 3 aromatic rings. The molecule has 1 N–H and O–H groups in total. The van der Waals surface area contributed by atoms with Crippen molar-refractivity contribution in [1.29, 1.82) is 0 Å². The fourth-order valence-electron chi connectivity index (χ4n) is 2.63. The van der Waals surface area contributed by atoms with Crippen LogP contribution in [0.3, 0.4) is 0 Å². The minimum atomic E-state index is -0.123. The quantitative estimate of drug-likeness (QED) is 0.561. The lowest BCUT2D eigenvalue weighted by molar-refractivity contribution is -0.120. The number of carbonyl (C=O) groups is 1. The maximum atomic E-state index is 12.0. The molecule has 0 aliphatic rings. The minimum absolute atomic E-state index is 0.123. The van der Waals surface area contributed by atoms with Crippen LogP contribution >= 0.6 is 0 Å². The van der Waals surface area contributed by atoms with Crippen LogP contribution in [0.4, 0.5) is 0 Å². The normalized spacial score (nSPS) is 11.4. The number of benzene rings is 2. The molecule has 0 aliphatic heterocycles. The van der Waals surface area contributed by atoms with Gasteiger partial charge in [-0.3, -0.25) is 4.79 Å². The fraction of sp³-hybridized carbons (Fsp3) is 0.143. The number of aromatic nitrogens is 1. The molecule has 4 nitrogen and oxygen atoms in total. The molecule has 0 unspecified atom stereocenters. The molecule has 0 spiro atoms. The number of aryl methyl sites for hydroxylation is 1. The Bertz CT molecular complexity index is 877. The van der Waals surface area contributed by atoms with Crippen LogP contribution in [0.15, 0.2) is 78.0 Å². The van der Waals surface area contributed by atoms with E-state index in [-0.39, 0.29) is 5.91 Å². The lowest BCUT2D eigenvalue weighted by Gasteiger charge is -2.06. The van der Waals surface area contributed by atoms with Gasteiger partial charge in [-0.05, 0) is 35.7 Å². The highest BCUT2D eigenvalue weighted by molar-refractivity contribution is 5.99. The third kappa shape index (κ3) is 4.23. The van der Waals surface area contributed by atoms with E-state index < -0.39 is 0 Å². The number of nitrogens with one attached hydrogen (secondary N) is 1. The largest absolute Gasteiger partial charge is 0.354 e. The van der Waals surface area contributed by atoms with E-state index in [0.717, 1.165) is 22.5 Å². The maximum absolute atomic E-state index is 12.0. The topological polar surface area (TPSA) is 46.4 Å². The van der Waals surface area contributed by atoms with Gasteiger partial charge in [0.1, 0.15) is 0 Å². The van der Waals surface area contributed by atoms with E-state index in [1.807, 2.05) is 67.2 Å². The number of hydrazone groups is 1. The van der Waals surface area contributed by atoms with Crippen molar-refractivity contribution in [2.24, 2.45) is 12.1 Å². The zero-order chi connectivity index (χ0) is 17.6. The molecule has 1 amide bonds. The van der Waals surface area contributed by atoms with Crippen molar-refractivity contribution in [3.8, 4) is 11.1 Å². The van der Waals surface area contributed by atoms with Crippen LogP contribution in [0, 0.1) is 0 Å². The number of hydrogen-bond donors (Lipinski definition) is 1. The Kier molecular flexibility index (Phi) is 5.09. The maximum Gasteiger partial charge on any atom is 0.246 e. The smallest absolute Gasteiger partial charge is 0.246 e. The molecule has 0 bridgehead atoms. The molecular formula is C21H21N3O. The van der Waals surface area contributed by atoms with E-state index in [9.17, 15) is 4.79 Å². The Morgan fingerprint density at radius 1 is 0.960 bits per heavy atom. The number of rotatable bonds is 5. The van der Waals surface area contributed by atoms with Gasteiger partial charge in [0.15, 0.2) is 0 Å². The summed E-state index contributed by atoms with van der Waals surface area (Å²) in [5.41, 5.74) is 7.68. The highest BCUT2D eigenvalue weighted by atomic mass is 16.2. The Morgan fingerprint density at radius 3 is 2.28 bits per heavy atom. The van der Waals surface area contributed by atoms with Gasteiger partial charge in [0, 0.05) is 18.9 Å². The van der Waals surface area contributed by atoms with Gasteiger partial charge < -0.3 is 4.57 Å². The summed E-state index contributed by atoms with van der Waals surface area (Å²) in [7, 11) is 1.92. The highest BCUT2D eigenvalue weighted by Crippen LogP contribution is 2.19. The van der Waals surface area contributed by atoms with Crippen molar-refractivity contribution >= 4 is 11.6 Å². The molecule has 3 rings (SSSR count). The van der Waals surface area contributed by atoms with Gasteiger partial charge in [0.05, 0.1) is 12.1 Å². The number of nitrogens with zero attached hydrogens (tertiary/aromatic N) is 2. The zero-order valence-corrected chi connectivity index (χ0v) is 14.4. The third-order valence-corrected chi connectivity index (χ3v) is 4.15. The summed E-state index contributed by atoms with van der Waals surface area (Å²) in [5, 5.41) is 4.21. The summed E-state index contributed by atoms with van der Waals surface area (Å²) < 4.78 is 1.93. The second-order valence-corrected chi connectivity index (χ2v) is 5.96. The second kappa shape index (κ2) is 7.62. The first kappa shape index (κ1) is 16.7. The molecular weight excluding hydrogens is 310 g/mol. The van der Waals surface area contributed by atoms with E-state index >= 15 is 0 Å². The molecule has 0 saturated heterocycles. The standard InChI is InChI=1S/C21H21N3O/c1-16(22-23-21(25)15-20-9-6-14-24(20)2)17-10-12-19(13-11-17)18-7-4-3-5-8-18/h3-14H,15H2,1-2H3,(H,23,25)/b22-16+.